The predicted molar refractivity (Wildman–Crippen MR) is 79.0 cm³/mol. The first kappa shape index (κ1) is 15.9. The van der Waals surface area contributed by atoms with Gasteiger partial charge in [0.1, 0.15) is 16.5 Å². The van der Waals surface area contributed by atoms with Gasteiger partial charge in [0.2, 0.25) is 0 Å². The highest BCUT2D eigenvalue weighted by Gasteiger charge is 2.24. The second kappa shape index (κ2) is 6.08. The molecule has 4 nitrogen and oxygen atoms in total. The predicted octanol–water partition coefficient (Wildman–Crippen LogP) is 2.85. The summed E-state index contributed by atoms with van der Waals surface area (Å²) in [4.78, 5) is 0.760. The van der Waals surface area contributed by atoms with E-state index in [1.165, 1.54) is 11.3 Å². The molecular formula is C13H14F2N2O2S2. The zero-order valence-electron chi connectivity index (χ0n) is 11.4. The standard InChI is InChI=1S/C13H14F2N2O2S2/c1-8-7-20-12(6-16-2)13(8)21(18,19)17-11-4-3-9(14)5-10(11)15/h3-5,7,16-17H,6H2,1-2H3. The maximum atomic E-state index is 13.6. The summed E-state index contributed by atoms with van der Waals surface area (Å²) in [6.45, 7) is 2.06. The molecule has 8 heteroatoms. The molecule has 0 amide bonds. The summed E-state index contributed by atoms with van der Waals surface area (Å²) in [6.07, 6.45) is 0. The molecule has 2 aromatic rings. The monoisotopic (exact) mass is 332 g/mol. The van der Waals surface area contributed by atoms with Gasteiger partial charge in [-0.2, -0.15) is 0 Å². The first-order chi connectivity index (χ1) is 9.85. The van der Waals surface area contributed by atoms with Crippen LogP contribution in [0.2, 0.25) is 0 Å². The average molecular weight is 332 g/mol. The summed E-state index contributed by atoms with van der Waals surface area (Å²) in [7, 11) is -2.22. The largest absolute Gasteiger partial charge is 0.315 e. The van der Waals surface area contributed by atoms with E-state index in [2.05, 4.69) is 10.0 Å². The van der Waals surface area contributed by atoms with Crippen LogP contribution in [0.1, 0.15) is 10.4 Å². The summed E-state index contributed by atoms with van der Waals surface area (Å²) in [5.41, 5.74) is 0.303. The molecule has 0 aliphatic carbocycles. The van der Waals surface area contributed by atoms with Crippen LogP contribution >= 0.6 is 11.3 Å². The van der Waals surface area contributed by atoms with Gasteiger partial charge in [-0.05, 0) is 37.0 Å². The number of anilines is 1. The lowest BCUT2D eigenvalue weighted by molar-refractivity contribution is 0.582. The van der Waals surface area contributed by atoms with Crippen LogP contribution in [0.25, 0.3) is 0 Å². The van der Waals surface area contributed by atoms with Crippen molar-refractivity contribution in [2.45, 2.75) is 18.4 Å². The zero-order valence-corrected chi connectivity index (χ0v) is 13.0. The van der Waals surface area contributed by atoms with Crippen molar-refractivity contribution in [2.24, 2.45) is 0 Å². The Labute approximate surface area is 125 Å². The van der Waals surface area contributed by atoms with Crippen LogP contribution in [0.4, 0.5) is 14.5 Å². The van der Waals surface area contributed by atoms with Gasteiger partial charge in [0.15, 0.2) is 0 Å². The summed E-state index contributed by atoms with van der Waals surface area (Å²) in [5.74, 6) is -1.72. The van der Waals surface area contributed by atoms with Crippen LogP contribution in [0, 0.1) is 18.6 Å². The topological polar surface area (TPSA) is 58.2 Å². The molecule has 0 saturated heterocycles. The minimum atomic E-state index is -3.93. The number of nitrogens with one attached hydrogen (secondary N) is 2. The molecular weight excluding hydrogens is 318 g/mol. The Hall–Kier alpha value is -1.51. The van der Waals surface area contributed by atoms with Crippen LogP contribution in [0.5, 0.6) is 0 Å². The first-order valence-corrected chi connectivity index (χ1v) is 8.41. The number of aryl methyl sites for hydroxylation is 1. The maximum absolute atomic E-state index is 13.6. The van der Waals surface area contributed by atoms with Gasteiger partial charge in [0.25, 0.3) is 10.0 Å². The van der Waals surface area contributed by atoms with Gasteiger partial charge in [0.05, 0.1) is 5.69 Å². The van der Waals surface area contributed by atoms with Crippen molar-refractivity contribution in [3.05, 3.63) is 45.7 Å². The van der Waals surface area contributed by atoms with E-state index in [1.807, 2.05) is 0 Å². The van der Waals surface area contributed by atoms with E-state index >= 15 is 0 Å². The minimum absolute atomic E-state index is 0.130. The average Bonchev–Trinajstić information content (AvgIpc) is 2.75. The molecule has 0 radical (unpaired) electrons. The molecule has 0 bridgehead atoms. The van der Waals surface area contributed by atoms with E-state index in [-0.39, 0.29) is 10.6 Å². The Morgan fingerprint density at radius 2 is 2.00 bits per heavy atom. The van der Waals surface area contributed by atoms with Gasteiger partial charge in [-0.25, -0.2) is 17.2 Å². The highest BCUT2D eigenvalue weighted by molar-refractivity contribution is 7.93. The van der Waals surface area contributed by atoms with Crippen LogP contribution in [-0.2, 0) is 16.6 Å². The molecule has 0 unspecified atom stereocenters. The summed E-state index contributed by atoms with van der Waals surface area (Å²) >= 11 is 1.31. The second-order valence-electron chi connectivity index (χ2n) is 4.43. The highest BCUT2D eigenvalue weighted by atomic mass is 32.2. The van der Waals surface area contributed by atoms with Crippen molar-refractivity contribution in [1.29, 1.82) is 0 Å². The third kappa shape index (κ3) is 3.39. The molecule has 0 aliphatic rings. The van der Waals surface area contributed by atoms with Crippen LogP contribution in [0.15, 0.2) is 28.5 Å². The van der Waals surface area contributed by atoms with E-state index in [0.29, 0.717) is 23.1 Å². The van der Waals surface area contributed by atoms with E-state index in [1.54, 1.807) is 19.4 Å². The van der Waals surface area contributed by atoms with E-state index in [4.69, 9.17) is 0 Å². The number of sulfonamides is 1. The summed E-state index contributed by atoms with van der Waals surface area (Å²) in [5, 5.41) is 4.61. The zero-order chi connectivity index (χ0) is 15.6. The molecule has 114 valence electrons. The Balaban J connectivity index is 2.41. The smallest absolute Gasteiger partial charge is 0.263 e. The molecule has 0 saturated carbocycles. The van der Waals surface area contributed by atoms with Crippen molar-refractivity contribution in [3.8, 4) is 0 Å². The SMILES string of the molecule is CNCc1scc(C)c1S(=O)(=O)Nc1ccc(F)cc1F. The lowest BCUT2D eigenvalue weighted by Gasteiger charge is -2.11. The van der Waals surface area contributed by atoms with Crippen molar-refractivity contribution in [2.75, 3.05) is 11.8 Å². The number of thiophene rings is 1. The second-order valence-corrected chi connectivity index (χ2v) is 7.01. The molecule has 0 aliphatic heterocycles. The van der Waals surface area contributed by atoms with Crippen LogP contribution in [-0.4, -0.2) is 15.5 Å². The number of rotatable bonds is 5. The van der Waals surface area contributed by atoms with Gasteiger partial charge >= 0.3 is 0 Å². The molecule has 0 fully saturated rings. The lowest BCUT2D eigenvalue weighted by atomic mass is 10.3. The quantitative estimate of drug-likeness (QED) is 0.885. The third-order valence-electron chi connectivity index (χ3n) is 2.77. The maximum Gasteiger partial charge on any atom is 0.263 e. The molecule has 0 spiro atoms. The number of benzene rings is 1. The number of halogens is 2. The van der Waals surface area contributed by atoms with Gasteiger partial charge in [-0.3, -0.25) is 4.72 Å². The fourth-order valence-corrected chi connectivity index (χ4v) is 4.79. The molecule has 0 atom stereocenters. The molecule has 1 heterocycles. The van der Waals surface area contributed by atoms with Crippen molar-refractivity contribution in [1.82, 2.24) is 5.32 Å². The number of hydrogen-bond donors (Lipinski definition) is 2. The van der Waals surface area contributed by atoms with E-state index < -0.39 is 21.7 Å². The minimum Gasteiger partial charge on any atom is -0.315 e. The third-order valence-corrected chi connectivity index (χ3v) is 5.60. The first-order valence-electron chi connectivity index (χ1n) is 6.04. The van der Waals surface area contributed by atoms with Gasteiger partial charge in [-0.15, -0.1) is 11.3 Å². The highest BCUT2D eigenvalue weighted by Crippen LogP contribution is 2.29. The van der Waals surface area contributed by atoms with Gasteiger partial charge in [-0.1, -0.05) is 0 Å². The van der Waals surface area contributed by atoms with Crippen LogP contribution < -0.4 is 10.0 Å². The Morgan fingerprint density at radius 3 is 2.62 bits per heavy atom. The van der Waals surface area contributed by atoms with Crippen molar-refractivity contribution >= 4 is 27.0 Å². The molecule has 1 aromatic carbocycles. The number of hydrogen-bond acceptors (Lipinski definition) is 4. The molecule has 1 aromatic heterocycles. The molecule has 2 rings (SSSR count). The fourth-order valence-electron chi connectivity index (χ4n) is 1.90. The summed E-state index contributed by atoms with van der Waals surface area (Å²) < 4.78 is 53.5. The van der Waals surface area contributed by atoms with E-state index in [9.17, 15) is 17.2 Å². The van der Waals surface area contributed by atoms with Gasteiger partial charge < -0.3 is 5.32 Å². The van der Waals surface area contributed by atoms with Crippen LogP contribution in [0.3, 0.4) is 0 Å². The lowest BCUT2D eigenvalue weighted by Crippen LogP contribution is -2.17. The Morgan fingerprint density at radius 1 is 1.29 bits per heavy atom. The Kier molecular flexibility index (Phi) is 4.60. The van der Waals surface area contributed by atoms with E-state index in [0.717, 1.165) is 12.1 Å². The Bertz CT molecular complexity index is 758. The van der Waals surface area contributed by atoms with Crippen molar-refractivity contribution < 1.29 is 17.2 Å². The summed E-state index contributed by atoms with van der Waals surface area (Å²) in [6, 6.07) is 2.68. The van der Waals surface area contributed by atoms with Gasteiger partial charge in [0, 0.05) is 17.5 Å². The molecule has 2 N–H and O–H groups in total. The molecule has 21 heavy (non-hydrogen) atoms. The fraction of sp³-hybridized carbons (Fsp3) is 0.231. The normalized spacial score (nSPS) is 11.6. The van der Waals surface area contributed by atoms with Crippen molar-refractivity contribution in [3.63, 3.8) is 0 Å².